The Morgan fingerprint density at radius 1 is 0.929 bits per heavy atom. The molecule has 0 bridgehead atoms. The SMILES string of the molecule is CCOc1ccc(S(=O)(=O)Nc2cc(OC)c(Cl)cc2OC)c2ccccc12. The van der Waals surface area contributed by atoms with Crippen molar-refractivity contribution in [3.8, 4) is 17.2 Å². The Balaban J connectivity index is 2.11. The second-order valence-electron chi connectivity index (χ2n) is 5.83. The van der Waals surface area contributed by atoms with Crippen LogP contribution in [-0.4, -0.2) is 29.2 Å². The van der Waals surface area contributed by atoms with Gasteiger partial charge < -0.3 is 14.2 Å². The molecule has 3 aromatic rings. The summed E-state index contributed by atoms with van der Waals surface area (Å²) in [7, 11) is -1.04. The highest BCUT2D eigenvalue weighted by Gasteiger charge is 2.22. The van der Waals surface area contributed by atoms with Crippen molar-refractivity contribution in [1.29, 1.82) is 0 Å². The van der Waals surface area contributed by atoms with Gasteiger partial charge in [-0.3, -0.25) is 4.72 Å². The number of rotatable bonds is 7. The third-order valence-corrected chi connectivity index (χ3v) is 5.87. The second-order valence-corrected chi connectivity index (χ2v) is 7.89. The summed E-state index contributed by atoms with van der Waals surface area (Å²) in [6, 6.07) is 13.3. The third kappa shape index (κ3) is 3.81. The van der Waals surface area contributed by atoms with E-state index in [9.17, 15) is 8.42 Å². The first-order valence-corrected chi connectivity index (χ1v) is 10.4. The van der Waals surface area contributed by atoms with E-state index in [1.54, 1.807) is 18.2 Å². The van der Waals surface area contributed by atoms with Gasteiger partial charge in [0, 0.05) is 22.9 Å². The van der Waals surface area contributed by atoms with Crippen molar-refractivity contribution in [3.05, 3.63) is 53.6 Å². The van der Waals surface area contributed by atoms with Crippen molar-refractivity contribution < 1.29 is 22.6 Å². The van der Waals surface area contributed by atoms with Crippen molar-refractivity contribution in [2.75, 3.05) is 25.5 Å². The van der Waals surface area contributed by atoms with Crippen LogP contribution in [0.1, 0.15) is 6.92 Å². The summed E-state index contributed by atoms with van der Waals surface area (Å²) < 4.78 is 44.9. The summed E-state index contributed by atoms with van der Waals surface area (Å²) in [6.45, 7) is 2.36. The molecule has 148 valence electrons. The number of hydrogen-bond acceptors (Lipinski definition) is 5. The molecule has 8 heteroatoms. The number of sulfonamides is 1. The molecule has 0 aliphatic rings. The predicted octanol–water partition coefficient (Wildman–Crippen LogP) is 4.71. The monoisotopic (exact) mass is 421 g/mol. The topological polar surface area (TPSA) is 73.9 Å². The van der Waals surface area contributed by atoms with E-state index in [0.29, 0.717) is 33.9 Å². The highest BCUT2D eigenvalue weighted by atomic mass is 35.5. The molecule has 0 radical (unpaired) electrons. The molecule has 0 aromatic heterocycles. The number of nitrogens with one attached hydrogen (secondary N) is 1. The van der Waals surface area contributed by atoms with Crippen LogP contribution in [0, 0.1) is 0 Å². The first-order valence-electron chi connectivity index (χ1n) is 8.50. The van der Waals surface area contributed by atoms with Crippen LogP contribution in [0.2, 0.25) is 5.02 Å². The van der Waals surface area contributed by atoms with Gasteiger partial charge in [0.05, 0.1) is 36.4 Å². The Kier molecular flexibility index (Phi) is 5.86. The molecule has 0 fully saturated rings. The molecule has 0 unspecified atom stereocenters. The summed E-state index contributed by atoms with van der Waals surface area (Å²) in [6.07, 6.45) is 0. The zero-order valence-corrected chi connectivity index (χ0v) is 17.2. The first kappa shape index (κ1) is 20.1. The third-order valence-electron chi connectivity index (χ3n) is 4.15. The lowest BCUT2D eigenvalue weighted by Crippen LogP contribution is -2.14. The van der Waals surface area contributed by atoms with Gasteiger partial charge in [0.15, 0.2) is 0 Å². The molecule has 6 nitrogen and oxygen atoms in total. The number of hydrogen-bond donors (Lipinski definition) is 1. The van der Waals surface area contributed by atoms with Crippen molar-refractivity contribution in [2.24, 2.45) is 0 Å². The van der Waals surface area contributed by atoms with Crippen LogP contribution in [0.3, 0.4) is 0 Å². The number of methoxy groups -OCH3 is 2. The fourth-order valence-electron chi connectivity index (χ4n) is 2.90. The van der Waals surface area contributed by atoms with Crippen LogP contribution in [0.25, 0.3) is 10.8 Å². The van der Waals surface area contributed by atoms with Crippen LogP contribution < -0.4 is 18.9 Å². The van der Waals surface area contributed by atoms with Gasteiger partial charge in [0.1, 0.15) is 17.2 Å². The molecule has 0 spiro atoms. The van der Waals surface area contributed by atoms with Crippen molar-refractivity contribution in [2.45, 2.75) is 11.8 Å². The zero-order valence-electron chi connectivity index (χ0n) is 15.7. The molecule has 3 aromatic carbocycles. The molecule has 0 amide bonds. The van der Waals surface area contributed by atoms with E-state index >= 15 is 0 Å². The molecular formula is C20H20ClNO5S. The van der Waals surface area contributed by atoms with Crippen molar-refractivity contribution >= 4 is 38.1 Å². The predicted molar refractivity (Wildman–Crippen MR) is 110 cm³/mol. The van der Waals surface area contributed by atoms with Crippen LogP contribution in [0.4, 0.5) is 5.69 Å². The Labute approximate surface area is 169 Å². The van der Waals surface area contributed by atoms with Crippen LogP contribution in [-0.2, 0) is 10.0 Å². The number of anilines is 1. The second kappa shape index (κ2) is 8.16. The van der Waals surface area contributed by atoms with Gasteiger partial charge in [-0.2, -0.15) is 0 Å². The normalized spacial score (nSPS) is 11.3. The summed E-state index contributed by atoms with van der Waals surface area (Å²) in [5.41, 5.74) is 0.224. The van der Waals surface area contributed by atoms with Crippen LogP contribution in [0.15, 0.2) is 53.4 Å². The summed E-state index contributed by atoms with van der Waals surface area (Å²) in [4.78, 5) is 0.127. The average molecular weight is 422 g/mol. The van der Waals surface area contributed by atoms with Gasteiger partial charge in [-0.05, 0) is 19.1 Å². The zero-order chi connectivity index (χ0) is 20.3. The number of ether oxygens (including phenoxy) is 3. The fourth-order valence-corrected chi connectivity index (χ4v) is 4.40. The Bertz CT molecular complexity index is 1120. The first-order chi connectivity index (χ1) is 13.4. The van der Waals surface area contributed by atoms with E-state index in [1.807, 2.05) is 19.1 Å². The minimum absolute atomic E-state index is 0.127. The minimum Gasteiger partial charge on any atom is -0.495 e. The van der Waals surface area contributed by atoms with Crippen molar-refractivity contribution in [1.82, 2.24) is 0 Å². The molecule has 0 heterocycles. The Morgan fingerprint density at radius 3 is 2.25 bits per heavy atom. The van der Waals surface area contributed by atoms with E-state index in [2.05, 4.69) is 4.72 Å². The van der Waals surface area contributed by atoms with Gasteiger partial charge in [0.2, 0.25) is 0 Å². The minimum atomic E-state index is -3.93. The van der Waals surface area contributed by atoms with E-state index in [0.717, 1.165) is 0 Å². The maximum Gasteiger partial charge on any atom is 0.262 e. The molecule has 0 saturated carbocycles. The standard InChI is InChI=1S/C20H20ClNO5S/c1-4-27-17-9-10-20(14-8-6-5-7-13(14)17)28(23,24)22-16-12-18(25-2)15(21)11-19(16)26-3/h5-12,22H,4H2,1-3H3. The van der Waals surface area contributed by atoms with Gasteiger partial charge in [-0.25, -0.2) is 8.42 Å². The van der Waals surface area contributed by atoms with Gasteiger partial charge in [0.25, 0.3) is 10.0 Å². The molecule has 28 heavy (non-hydrogen) atoms. The number of benzene rings is 3. The van der Waals surface area contributed by atoms with E-state index in [-0.39, 0.29) is 16.3 Å². The quantitative estimate of drug-likeness (QED) is 0.598. The highest BCUT2D eigenvalue weighted by Crippen LogP contribution is 2.38. The number of halogens is 1. The molecule has 0 saturated heterocycles. The molecular weight excluding hydrogens is 402 g/mol. The van der Waals surface area contributed by atoms with Crippen LogP contribution >= 0.6 is 11.6 Å². The Hall–Kier alpha value is -2.64. The van der Waals surface area contributed by atoms with Gasteiger partial charge in [-0.15, -0.1) is 0 Å². The molecule has 3 rings (SSSR count). The largest absolute Gasteiger partial charge is 0.495 e. The molecule has 0 atom stereocenters. The summed E-state index contributed by atoms with van der Waals surface area (Å²) in [5, 5.41) is 1.59. The summed E-state index contributed by atoms with van der Waals surface area (Å²) >= 11 is 6.10. The van der Waals surface area contributed by atoms with Gasteiger partial charge in [-0.1, -0.05) is 35.9 Å². The lowest BCUT2D eigenvalue weighted by molar-refractivity contribution is 0.344. The van der Waals surface area contributed by atoms with Crippen molar-refractivity contribution in [3.63, 3.8) is 0 Å². The number of fused-ring (bicyclic) bond motifs is 1. The smallest absolute Gasteiger partial charge is 0.262 e. The maximum atomic E-state index is 13.2. The van der Waals surface area contributed by atoms with Crippen LogP contribution in [0.5, 0.6) is 17.2 Å². The molecule has 1 N–H and O–H groups in total. The average Bonchev–Trinajstić information content (AvgIpc) is 2.69. The lowest BCUT2D eigenvalue weighted by Gasteiger charge is -2.16. The summed E-state index contributed by atoms with van der Waals surface area (Å²) in [5.74, 6) is 1.24. The Morgan fingerprint density at radius 2 is 1.61 bits per heavy atom. The highest BCUT2D eigenvalue weighted by molar-refractivity contribution is 7.93. The molecule has 0 aliphatic carbocycles. The fraction of sp³-hybridized carbons (Fsp3) is 0.200. The maximum absolute atomic E-state index is 13.2. The lowest BCUT2D eigenvalue weighted by atomic mass is 10.1. The van der Waals surface area contributed by atoms with Gasteiger partial charge >= 0.3 is 0 Å². The van der Waals surface area contributed by atoms with E-state index in [4.69, 9.17) is 25.8 Å². The molecule has 0 aliphatic heterocycles. The van der Waals surface area contributed by atoms with E-state index < -0.39 is 10.0 Å². The van der Waals surface area contributed by atoms with E-state index in [1.165, 1.54) is 32.4 Å².